The summed E-state index contributed by atoms with van der Waals surface area (Å²) in [5.74, 6) is 0.741. The fourth-order valence-electron chi connectivity index (χ4n) is 2.91. The van der Waals surface area contributed by atoms with Gasteiger partial charge in [-0.25, -0.2) is 9.48 Å². The van der Waals surface area contributed by atoms with Gasteiger partial charge in [0.15, 0.2) is 0 Å². The Morgan fingerprint density at radius 1 is 1.11 bits per heavy atom. The minimum absolute atomic E-state index is 0.122. The highest BCUT2D eigenvalue weighted by atomic mass is 16.5. The molecular weight excluding hydrogens is 346 g/mol. The first-order valence-corrected chi connectivity index (χ1v) is 8.33. The highest BCUT2D eigenvalue weighted by Gasteiger charge is 2.18. The molecule has 140 valence electrons. The van der Waals surface area contributed by atoms with Gasteiger partial charge in [0.05, 0.1) is 31.2 Å². The Morgan fingerprint density at radius 2 is 1.85 bits per heavy atom. The van der Waals surface area contributed by atoms with Gasteiger partial charge in [0.2, 0.25) is 0 Å². The maximum absolute atomic E-state index is 11.8. The molecule has 0 aliphatic heterocycles. The van der Waals surface area contributed by atoms with Crippen LogP contribution in [0, 0.1) is 13.8 Å². The number of aryl methyl sites for hydroxylation is 2. The Morgan fingerprint density at radius 3 is 2.52 bits per heavy atom. The molecule has 0 aliphatic carbocycles. The predicted molar refractivity (Wildman–Crippen MR) is 103 cm³/mol. The van der Waals surface area contributed by atoms with Crippen LogP contribution in [0.3, 0.4) is 0 Å². The van der Waals surface area contributed by atoms with Crippen LogP contribution in [0.25, 0.3) is 5.69 Å². The van der Waals surface area contributed by atoms with Crippen molar-refractivity contribution in [3.8, 4) is 17.2 Å². The van der Waals surface area contributed by atoms with E-state index in [1.165, 1.54) is 13.2 Å². The third kappa shape index (κ3) is 3.57. The van der Waals surface area contributed by atoms with Crippen molar-refractivity contribution in [3.05, 3.63) is 59.3 Å². The molecule has 1 heterocycles. The number of anilines is 2. The first-order valence-electron chi connectivity index (χ1n) is 8.33. The number of nitrogens with one attached hydrogen (secondary N) is 1. The molecule has 0 saturated carbocycles. The van der Waals surface area contributed by atoms with Crippen LogP contribution in [0.1, 0.15) is 21.6 Å². The molecule has 0 unspecified atom stereocenters. The Kier molecular flexibility index (Phi) is 5.03. The van der Waals surface area contributed by atoms with Gasteiger partial charge >= 0.3 is 5.97 Å². The van der Waals surface area contributed by atoms with Crippen LogP contribution >= 0.6 is 0 Å². The maximum Gasteiger partial charge on any atom is 0.337 e. The highest BCUT2D eigenvalue weighted by Crippen LogP contribution is 2.32. The zero-order valence-electron chi connectivity index (χ0n) is 15.6. The molecule has 0 bridgehead atoms. The van der Waals surface area contributed by atoms with Crippen LogP contribution in [0.2, 0.25) is 0 Å². The summed E-state index contributed by atoms with van der Waals surface area (Å²) in [5, 5.41) is 17.4. The number of nitrogens with zero attached hydrogens (tertiary/aromatic N) is 2. The van der Waals surface area contributed by atoms with E-state index in [9.17, 15) is 9.90 Å². The van der Waals surface area contributed by atoms with Crippen molar-refractivity contribution in [1.82, 2.24) is 9.78 Å². The second-order valence-corrected chi connectivity index (χ2v) is 6.05. The van der Waals surface area contributed by atoms with Gasteiger partial charge in [-0.3, -0.25) is 0 Å². The molecule has 0 radical (unpaired) electrons. The number of para-hydroxylation sites is 2. The summed E-state index contributed by atoms with van der Waals surface area (Å²) >= 11 is 0. The van der Waals surface area contributed by atoms with Crippen molar-refractivity contribution in [2.24, 2.45) is 0 Å². The number of aromatic carboxylic acids is 1. The minimum atomic E-state index is -1.04. The SMILES string of the molecule is COc1cc(C)c(Nc2cc(C)nn2-c2ccccc2OC)c(C(=O)O)c1. The van der Waals surface area contributed by atoms with Crippen molar-refractivity contribution in [2.45, 2.75) is 13.8 Å². The van der Waals surface area contributed by atoms with E-state index in [2.05, 4.69) is 10.4 Å². The van der Waals surface area contributed by atoms with E-state index in [4.69, 9.17) is 9.47 Å². The average molecular weight is 367 g/mol. The fraction of sp³-hybridized carbons (Fsp3) is 0.200. The van der Waals surface area contributed by atoms with Gasteiger partial charge in [-0.05, 0) is 43.7 Å². The van der Waals surface area contributed by atoms with Crippen molar-refractivity contribution in [3.63, 3.8) is 0 Å². The fourth-order valence-corrected chi connectivity index (χ4v) is 2.91. The second-order valence-electron chi connectivity index (χ2n) is 6.05. The molecule has 0 saturated heterocycles. The van der Waals surface area contributed by atoms with Gasteiger partial charge in [-0.2, -0.15) is 5.10 Å². The number of rotatable bonds is 6. The summed E-state index contributed by atoms with van der Waals surface area (Å²) in [6.07, 6.45) is 0. The van der Waals surface area contributed by atoms with Gasteiger partial charge in [0.25, 0.3) is 0 Å². The topological polar surface area (TPSA) is 85.6 Å². The Labute approximate surface area is 157 Å². The molecular formula is C20H21N3O4. The number of aromatic nitrogens is 2. The molecule has 0 atom stereocenters. The van der Waals surface area contributed by atoms with Gasteiger partial charge < -0.3 is 19.9 Å². The third-order valence-corrected chi connectivity index (χ3v) is 4.17. The van der Waals surface area contributed by atoms with E-state index in [-0.39, 0.29) is 5.56 Å². The number of carboxylic acids is 1. The lowest BCUT2D eigenvalue weighted by atomic mass is 10.1. The van der Waals surface area contributed by atoms with Crippen molar-refractivity contribution in [2.75, 3.05) is 19.5 Å². The smallest absolute Gasteiger partial charge is 0.337 e. The van der Waals surface area contributed by atoms with E-state index in [0.717, 1.165) is 16.9 Å². The lowest BCUT2D eigenvalue weighted by molar-refractivity contribution is 0.0697. The van der Waals surface area contributed by atoms with E-state index >= 15 is 0 Å². The quantitative estimate of drug-likeness (QED) is 0.686. The lowest BCUT2D eigenvalue weighted by Gasteiger charge is -2.16. The summed E-state index contributed by atoms with van der Waals surface area (Å²) in [6, 6.07) is 12.6. The summed E-state index contributed by atoms with van der Waals surface area (Å²) in [6.45, 7) is 3.70. The molecule has 0 amide bonds. The van der Waals surface area contributed by atoms with Crippen LogP contribution in [0.5, 0.6) is 11.5 Å². The van der Waals surface area contributed by atoms with Crippen molar-refractivity contribution in [1.29, 1.82) is 0 Å². The van der Waals surface area contributed by atoms with Crippen molar-refractivity contribution < 1.29 is 19.4 Å². The molecule has 0 fully saturated rings. The first kappa shape index (κ1) is 18.3. The summed E-state index contributed by atoms with van der Waals surface area (Å²) in [5.41, 5.74) is 2.89. The van der Waals surface area contributed by atoms with Gasteiger partial charge in [-0.15, -0.1) is 0 Å². The first-order chi connectivity index (χ1) is 12.9. The Hall–Kier alpha value is -3.48. The molecule has 0 aliphatic rings. The molecule has 3 aromatic rings. The van der Waals surface area contributed by atoms with Crippen LogP contribution < -0.4 is 14.8 Å². The standard InChI is InChI=1S/C20H21N3O4/c1-12-9-14(26-3)11-15(20(24)25)19(12)21-18-10-13(2)22-23(18)16-7-5-6-8-17(16)27-4/h5-11,21H,1-4H3,(H,24,25). The predicted octanol–water partition coefficient (Wildman–Crippen LogP) is 3.95. The second kappa shape index (κ2) is 7.41. The molecule has 2 aromatic carbocycles. The van der Waals surface area contributed by atoms with E-state index in [1.54, 1.807) is 17.9 Å². The molecule has 1 aromatic heterocycles. The van der Waals surface area contributed by atoms with Crippen LogP contribution in [0.4, 0.5) is 11.5 Å². The number of hydrogen-bond donors (Lipinski definition) is 2. The minimum Gasteiger partial charge on any atom is -0.497 e. The largest absolute Gasteiger partial charge is 0.497 e. The molecule has 2 N–H and O–H groups in total. The Balaban J connectivity index is 2.12. The number of carbonyl (C=O) groups is 1. The molecule has 27 heavy (non-hydrogen) atoms. The van der Waals surface area contributed by atoms with Gasteiger partial charge in [-0.1, -0.05) is 12.1 Å². The van der Waals surface area contributed by atoms with E-state index < -0.39 is 5.97 Å². The van der Waals surface area contributed by atoms with Crippen LogP contribution in [-0.4, -0.2) is 35.1 Å². The number of ether oxygens (including phenoxy) is 2. The Bertz CT molecular complexity index is 995. The summed E-state index contributed by atoms with van der Waals surface area (Å²) in [4.78, 5) is 11.8. The summed E-state index contributed by atoms with van der Waals surface area (Å²) in [7, 11) is 3.10. The number of methoxy groups -OCH3 is 2. The van der Waals surface area contributed by atoms with Gasteiger partial charge in [0, 0.05) is 6.07 Å². The molecule has 3 rings (SSSR count). The van der Waals surface area contributed by atoms with Crippen LogP contribution in [0.15, 0.2) is 42.5 Å². The molecule has 0 spiro atoms. The van der Waals surface area contributed by atoms with Crippen molar-refractivity contribution >= 4 is 17.5 Å². The number of carboxylic acid groups (broad SMARTS) is 1. The molecule has 7 heteroatoms. The average Bonchev–Trinajstić information content (AvgIpc) is 3.02. The van der Waals surface area contributed by atoms with Gasteiger partial charge in [0.1, 0.15) is 23.0 Å². The third-order valence-electron chi connectivity index (χ3n) is 4.17. The summed E-state index contributed by atoms with van der Waals surface area (Å²) < 4.78 is 12.3. The van der Waals surface area contributed by atoms with Crippen LogP contribution in [-0.2, 0) is 0 Å². The normalized spacial score (nSPS) is 10.5. The highest BCUT2D eigenvalue weighted by molar-refractivity contribution is 5.96. The zero-order chi connectivity index (χ0) is 19.6. The maximum atomic E-state index is 11.8. The number of benzene rings is 2. The number of hydrogen-bond acceptors (Lipinski definition) is 5. The monoisotopic (exact) mass is 367 g/mol. The lowest BCUT2D eigenvalue weighted by Crippen LogP contribution is -2.09. The molecule has 7 nitrogen and oxygen atoms in total. The zero-order valence-corrected chi connectivity index (χ0v) is 15.6. The van der Waals surface area contributed by atoms with E-state index in [1.807, 2.05) is 44.2 Å². The van der Waals surface area contributed by atoms with E-state index in [0.29, 0.717) is 23.0 Å².